The maximum atomic E-state index is 11.6. The fraction of sp³-hybridized carbons (Fsp3) is 0.308. The highest BCUT2D eigenvalue weighted by Gasteiger charge is 1.98. The monoisotopic (exact) mass is 259 g/mol. The average Bonchev–Trinajstić information content (AvgIpc) is 3.04. The van der Waals surface area contributed by atoms with Crippen LogP contribution in [0.2, 0.25) is 0 Å². The van der Waals surface area contributed by atoms with Crippen LogP contribution in [0.4, 0.5) is 0 Å². The molecule has 0 saturated heterocycles. The summed E-state index contributed by atoms with van der Waals surface area (Å²) >= 11 is 0. The first kappa shape index (κ1) is 13.1. The van der Waals surface area contributed by atoms with E-state index in [-0.39, 0.29) is 5.91 Å². The molecule has 0 saturated carbocycles. The number of hydrogen-bond acceptors (Lipinski definition) is 3. The third-order valence-electron chi connectivity index (χ3n) is 2.71. The van der Waals surface area contributed by atoms with Crippen molar-refractivity contribution in [3.8, 4) is 0 Å². The van der Waals surface area contributed by atoms with E-state index >= 15 is 0 Å². The van der Waals surface area contributed by atoms with Crippen LogP contribution in [-0.4, -0.2) is 32.2 Å². The molecular weight excluding hydrogens is 242 g/mol. The third kappa shape index (κ3) is 4.09. The summed E-state index contributed by atoms with van der Waals surface area (Å²) in [4.78, 5) is 18.7. The Morgan fingerprint density at radius 1 is 1.53 bits per heavy atom. The minimum Gasteiger partial charge on any atom is -0.353 e. The quantitative estimate of drug-likeness (QED) is 0.598. The number of rotatable bonds is 6. The molecule has 2 N–H and O–H groups in total. The molecule has 2 aromatic rings. The second-order valence-electron chi connectivity index (χ2n) is 4.14. The van der Waals surface area contributed by atoms with E-state index in [0.717, 1.165) is 24.4 Å². The Hall–Kier alpha value is -2.37. The Morgan fingerprint density at radius 3 is 3.11 bits per heavy atom. The van der Waals surface area contributed by atoms with Gasteiger partial charge in [0.2, 0.25) is 5.91 Å². The van der Waals surface area contributed by atoms with Crippen molar-refractivity contribution in [3.05, 3.63) is 42.3 Å². The van der Waals surface area contributed by atoms with E-state index in [1.54, 1.807) is 29.3 Å². The van der Waals surface area contributed by atoms with Crippen molar-refractivity contribution in [3.63, 3.8) is 0 Å². The third-order valence-corrected chi connectivity index (χ3v) is 2.71. The van der Waals surface area contributed by atoms with Crippen LogP contribution in [0, 0.1) is 0 Å². The number of nitrogens with one attached hydrogen (secondary N) is 2. The van der Waals surface area contributed by atoms with Crippen molar-refractivity contribution in [2.75, 3.05) is 6.54 Å². The standard InChI is InChI=1S/C13H17N5O/c1-18-11(6-8-17-18)4-5-13(19)16-7-2-3-12-14-9-10-15-12/h4-6,8-10H,2-3,7H2,1H3,(H,14,15)(H,16,19)/b5-4+. The van der Waals surface area contributed by atoms with Crippen LogP contribution in [0.3, 0.4) is 0 Å². The molecule has 0 radical (unpaired) electrons. The molecule has 0 atom stereocenters. The number of aromatic amines is 1. The number of H-pyrrole nitrogens is 1. The van der Waals surface area contributed by atoms with Gasteiger partial charge in [-0.05, 0) is 18.6 Å². The van der Waals surface area contributed by atoms with E-state index in [4.69, 9.17) is 0 Å². The van der Waals surface area contributed by atoms with Gasteiger partial charge in [-0.1, -0.05) is 0 Å². The van der Waals surface area contributed by atoms with Crippen molar-refractivity contribution in [2.45, 2.75) is 12.8 Å². The fourth-order valence-corrected chi connectivity index (χ4v) is 1.67. The van der Waals surface area contributed by atoms with Crippen LogP contribution < -0.4 is 5.32 Å². The van der Waals surface area contributed by atoms with Crippen LogP contribution in [0.25, 0.3) is 6.08 Å². The van der Waals surface area contributed by atoms with Gasteiger partial charge in [0.25, 0.3) is 0 Å². The maximum Gasteiger partial charge on any atom is 0.244 e. The molecule has 2 aromatic heterocycles. The number of amides is 1. The predicted molar refractivity (Wildman–Crippen MR) is 72.2 cm³/mol. The van der Waals surface area contributed by atoms with Gasteiger partial charge in [-0.15, -0.1) is 0 Å². The predicted octanol–water partition coefficient (Wildman–Crippen LogP) is 0.905. The number of aromatic nitrogens is 4. The highest BCUT2D eigenvalue weighted by Crippen LogP contribution is 1.98. The largest absolute Gasteiger partial charge is 0.353 e. The number of hydrogen-bond donors (Lipinski definition) is 2. The molecule has 2 heterocycles. The van der Waals surface area contributed by atoms with Gasteiger partial charge in [0, 0.05) is 44.7 Å². The van der Waals surface area contributed by atoms with Gasteiger partial charge in [-0.25, -0.2) is 4.98 Å². The Bertz CT molecular complexity index is 541. The summed E-state index contributed by atoms with van der Waals surface area (Å²) in [5.41, 5.74) is 0.894. The van der Waals surface area contributed by atoms with Crippen molar-refractivity contribution in [1.29, 1.82) is 0 Å². The van der Waals surface area contributed by atoms with Gasteiger partial charge >= 0.3 is 0 Å². The molecule has 0 aliphatic carbocycles. The zero-order valence-electron chi connectivity index (χ0n) is 10.8. The lowest BCUT2D eigenvalue weighted by atomic mass is 10.3. The summed E-state index contributed by atoms with van der Waals surface area (Å²) in [6, 6.07) is 1.85. The Balaban J connectivity index is 1.67. The lowest BCUT2D eigenvalue weighted by molar-refractivity contribution is -0.116. The van der Waals surface area contributed by atoms with Gasteiger partial charge in [-0.3, -0.25) is 9.48 Å². The van der Waals surface area contributed by atoms with Crippen molar-refractivity contribution in [2.24, 2.45) is 7.05 Å². The molecule has 2 rings (SSSR count). The van der Waals surface area contributed by atoms with Crippen LogP contribution in [0.1, 0.15) is 17.9 Å². The second-order valence-corrected chi connectivity index (χ2v) is 4.14. The average molecular weight is 259 g/mol. The molecule has 1 amide bonds. The highest BCUT2D eigenvalue weighted by molar-refractivity contribution is 5.91. The molecule has 0 bridgehead atoms. The molecule has 0 aromatic carbocycles. The van der Waals surface area contributed by atoms with E-state index in [9.17, 15) is 4.79 Å². The molecule has 6 nitrogen and oxygen atoms in total. The van der Waals surface area contributed by atoms with E-state index < -0.39 is 0 Å². The summed E-state index contributed by atoms with van der Waals surface area (Å²) in [5.74, 6) is 0.848. The zero-order valence-corrected chi connectivity index (χ0v) is 10.8. The molecule has 0 fully saturated rings. The van der Waals surface area contributed by atoms with Gasteiger partial charge < -0.3 is 10.3 Å². The first-order chi connectivity index (χ1) is 9.25. The van der Waals surface area contributed by atoms with Crippen LogP contribution in [0.15, 0.2) is 30.7 Å². The van der Waals surface area contributed by atoms with Crippen LogP contribution in [0.5, 0.6) is 0 Å². The zero-order chi connectivity index (χ0) is 13.5. The fourth-order valence-electron chi connectivity index (χ4n) is 1.67. The molecule has 0 aliphatic heterocycles. The number of carbonyl (C=O) groups is 1. The molecule has 19 heavy (non-hydrogen) atoms. The highest BCUT2D eigenvalue weighted by atomic mass is 16.1. The summed E-state index contributed by atoms with van der Waals surface area (Å²) in [5, 5.41) is 6.85. The summed E-state index contributed by atoms with van der Waals surface area (Å²) < 4.78 is 1.71. The van der Waals surface area contributed by atoms with E-state index in [1.807, 2.05) is 13.1 Å². The van der Waals surface area contributed by atoms with Crippen molar-refractivity contribution < 1.29 is 4.79 Å². The van der Waals surface area contributed by atoms with E-state index in [0.29, 0.717) is 6.54 Å². The number of imidazole rings is 1. The topological polar surface area (TPSA) is 75.6 Å². The summed E-state index contributed by atoms with van der Waals surface area (Å²) in [6.45, 7) is 0.634. The lowest BCUT2D eigenvalue weighted by Crippen LogP contribution is -2.22. The maximum absolute atomic E-state index is 11.6. The molecule has 0 unspecified atom stereocenters. The number of aryl methyl sites for hydroxylation is 2. The molecule has 6 heteroatoms. The number of nitrogens with zero attached hydrogens (tertiary/aromatic N) is 3. The summed E-state index contributed by atoms with van der Waals surface area (Å²) in [6.07, 6.45) is 10.2. The van der Waals surface area contributed by atoms with Gasteiger partial charge in [0.1, 0.15) is 5.82 Å². The van der Waals surface area contributed by atoms with Gasteiger partial charge in [0.05, 0.1) is 5.69 Å². The van der Waals surface area contributed by atoms with Gasteiger partial charge in [-0.2, -0.15) is 5.10 Å². The lowest BCUT2D eigenvalue weighted by Gasteiger charge is -2.00. The van der Waals surface area contributed by atoms with Crippen LogP contribution in [-0.2, 0) is 18.3 Å². The SMILES string of the molecule is Cn1nccc1/C=C/C(=O)NCCCc1ncc[nH]1. The Labute approximate surface area is 111 Å². The Kier molecular flexibility index (Phi) is 4.49. The molecule has 100 valence electrons. The second kappa shape index (κ2) is 6.53. The summed E-state index contributed by atoms with van der Waals surface area (Å²) in [7, 11) is 1.83. The van der Waals surface area contributed by atoms with Crippen LogP contribution >= 0.6 is 0 Å². The number of carbonyl (C=O) groups excluding carboxylic acids is 1. The van der Waals surface area contributed by atoms with Crippen molar-refractivity contribution >= 4 is 12.0 Å². The Morgan fingerprint density at radius 2 is 2.42 bits per heavy atom. The molecular formula is C13H17N5O. The smallest absolute Gasteiger partial charge is 0.244 e. The molecule has 0 aliphatic rings. The first-order valence-corrected chi connectivity index (χ1v) is 6.18. The van der Waals surface area contributed by atoms with Gasteiger partial charge in [0.15, 0.2) is 0 Å². The van der Waals surface area contributed by atoms with E-state index in [1.165, 1.54) is 6.08 Å². The minimum absolute atomic E-state index is 0.0966. The first-order valence-electron chi connectivity index (χ1n) is 6.18. The molecule has 0 spiro atoms. The van der Waals surface area contributed by atoms with Crippen molar-refractivity contribution in [1.82, 2.24) is 25.1 Å². The normalized spacial score (nSPS) is 11.0. The minimum atomic E-state index is -0.0966. The van der Waals surface area contributed by atoms with E-state index in [2.05, 4.69) is 20.4 Å².